The zero-order valence-corrected chi connectivity index (χ0v) is 20.0. The summed E-state index contributed by atoms with van der Waals surface area (Å²) in [6, 6.07) is 6.92. The topological polar surface area (TPSA) is 131 Å². The number of hydrogen-bond donors (Lipinski definition) is 4. The van der Waals surface area contributed by atoms with Crippen molar-refractivity contribution in [3.63, 3.8) is 0 Å². The predicted octanol–water partition coefficient (Wildman–Crippen LogP) is 4.16. The molecule has 0 bridgehead atoms. The van der Waals surface area contributed by atoms with E-state index in [1.165, 1.54) is 0 Å². The number of nitrogens with two attached hydrogens (primary N) is 2. The highest BCUT2D eigenvalue weighted by Crippen LogP contribution is 2.51. The van der Waals surface area contributed by atoms with E-state index >= 15 is 0 Å². The fourth-order valence-corrected chi connectivity index (χ4v) is 4.90. The van der Waals surface area contributed by atoms with Crippen LogP contribution in [0.1, 0.15) is 54.5 Å². The van der Waals surface area contributed by atoms with Crippen molar-refractivity contribution in [2.75, 3.05) is 0 Å². The zero-order valence-electron chi connectivity index (χ0n) is 19.2. The van der Waals surface area contributed by atoms with Gasteiger partial charge in [-0.05, 0) is 81.3 Å². The van der Waals surface area contributed by atoms with Gasteiger partial charge in [-0.1, -0.05) is 19.1 Å². The standard InChI is InChI=1S/C24H31N3O4.ClH/c1-6-24(21(29)30,16-7-9-17(10-8-16)27-22(25)26)23(5)12-11-18-15(4)19(28)13(2)14(3)20(18)31-23;/h7-10,28H,6,11-12H2,1-5H3,(H,29,30)(H4,25,26,27);1H. The molecule has 2 atom stereocenters. The van der Waals surface area contributed by atoms with Gasteiger partial charge in [-0.3, -0.25) is 4.79 Å². The summed E-state index contributed by atoms with van der Waals surface area (Å²) < 4.78 is 6.57. The van der Waals surface area contributed by atoms with E-state index in [4.69, 9.17) is 16.2 Å². The van der Waals surface area contributed by atoms with Crippen molar-refractivity contribution in [1.82, 2.24) is 0 Å². The number of nitrogens with zero attached hydrogens (tertiary/aromatic N) is 1. The van der Waals surface area contributed by atoms with Crippen molar-refractivity contribution < 1.29 is 19.7 Å². The quantitative estimate of drug-likeness (QED) is 0.390. The number of carbonyl (C=O) groups is 1. The molecule has 1 aliphatic heterocycles. The van der Waals surface area contributed by atoms with Gasteiger partial charge in [-0.25, -0.2) is 4.99 Å². The van der Waals surface area contributed by atoms with Crippen molar-refractivity contribution in [1.29, 1.82) is 0 Å². The number of carboxylic acids is 1. The van der Waals surface area contributed by atoms with Crippen molar-refractivity contribution in [2.45, 2.75) is 64.9 Å². The van der Waals surface area contributed by atoms with Gasteiger partial charge in [0, 0.05) is 5.56 Å². The molecule has 8 heteroatoms. The molecular weight excluding hydrogens is 430 g/mol. The highest BCUT2D eigenvalue weighted by Gasteiger charge is 2.57. The summed E-state index contributed by atoms with van der Waals surface area (Å²) in [4.78, 5) is 16.8. The van der Waals surface area contributed by atoms with Gasteiger partial charge < -0.3 is 26.4 Å². The minimum absolute atomic E-state index is 0. The number of ether oxygens (including phenoxy) is 1. The third-order valence-corrected chi connectivity index (χ3v) is 6.94. The molecule has 0 radical (unpaired) electrons. The molecule has 2 aromatic rings. The minimum Gasteiger partial charge on any atom is -0.507 e. The van der Waals surface area contributed by atoms with Crippen LogP contribution in [0.4, 0.5) is 5.69 Å². The number of carboxylic acid groups (broad SMARTS) is 1. The maximum absolute atomic E-state index is 12.8. The molecule has 0 saturated heterocycles. The van der Waals surface area contributed by atoms with Gasteiger partial charge in [-0.15, -0.1) is 12.4 Å². The zero-order chi connectivity index (χ0) is 23.1. The maximum atomic E-state index is 12.8. The summed E-state index contributed by atoms with van der Waals surface area (Å²) in [5.74, 6) is -0.0479. The number of phenols is 1. The Morgan fingerprint density at radius 3 is 2.25 bits per heavy atom. The molecule has 1 aliphatic rings. The van der Waals surface area contributed by atoms with Gasteiger partial charge in [0.25, 0.3) is 0 Å². The van der Waals surface area contributed by atoms with E-state index in [1.807, 2.05) is 34.6 Å². The molecule has 2 aromatic carbocycles. The number of benzene rings is 2. The Hall–Kier alpha value is -2.93. The van der Waals surface area contributed by atoms with E-state index in [0.29, 0.717) is 36.3 Å². The smallest absolute Gasteiger partial charge is 0.318 e. The van der Waals surface area contributed by atoms with Crippen molar-refractivity contribution in [2.24, 2.45) is 16.5 Å². The average molecular weight is 462 g/mol. The molecular formula is C24H32ClN3O4. The molecule has 6 N–H and O–H groups in total. The Balaban J connectivity index is 0.00000363. The average Bonchev–Trinajstić information content (AvgIpc) is 2.72. The lowest BCUT2D eigenvalue weighted by Crippen LogP contribution is -2.59. The number of rotatable bonds is 5. The Morgan fingerprint density at radius 1 is 1.16 bits per heavy atom. The van der Waals surface area contributed by atoms with Gasteiger partial charge in [0.05, 0.1) is 5.69 Å². The van der Waals surface area contributed by atoms with E-state index < -0.39 is 17.0 Å². The van der Waals surface area contributed by atoms with E-state index in [-0.39, 0.29) is 24.1 Å². The van der Waals surface area contributed by atoms with Gasteiger partial charge in [-0.2, -0.15) is 0 Å². The molecule has 3 rings (SSSR count). The SMILES string of the molecule is CCC(C(=O)O)(c1ccc(N=C(N)N)cc1)C1(C)CCc2c(C)c(O)c(C)c(C)c2O1.Cl. The Bertz CT molecular complexity index is 1060. The van der Waals surface area contributed by atoms with E-state index in [1.54, 1.807) is 24.3 Å². The third-order valence-electron chi connectivity index (χ3n) is 6.94. The second-order valence-corrected chi connectivity index (χ2v) is 8.51. The van der Waals surface area contributed by atoms with Crippen molar-refractivity contribution in [3.05, 3.63) is 52.1 Å². The van der Waals surface area contributed by atoms with E-state index in [2.05, 4.69) is 4.99 Å². The minimum atomic E-state index is -1.28. The summed E-state index contributed by atoms with van der Waals surface area (Å²) in [6.45, 7) is 9.35. The molecule has 0 amide bonds. The highest BCUT2D eigenvalue weighted by atomic mass is 35.5. The second-order valence-electron chi connectivity index (χ2n) is 8.51. The second kappa shape index (κ2) is 8.90. The Kier molecular flexibility index (Phi) is 7.05. The van der Waals surface area contributed by atoms with Crippen LogP contribution in [0.5, 0.6) is 11.5 Å². The first-order valence-corrected chi connectivity index (χ1v) is 10.4. The maximum Gasteiger partial charge on any atom is 0.318 e. The van der Waals surface area contributed by atoms with Crippen LogP contribution in [0.3, 0.4) is 0 Å². The first kappa shape index (κ1) is 25.3. The summed E-state index contributed by atoms with van der Waals surface area (Å²) in [6.07, 6.45) is 1.46. The number of phenolic OH excluding ortho intramolecular Hbond substituents is 1. The van der Waals surface area contributed by atoms with E-state index in [0.717, 1.165) is 22.3 Å². The number of aliphatic carboxylic acids is 1. The molecule has 174 valence electrons. The number of guanidine groups is 1. The number of aromatic hydroxyl groups is 1. The Morgan fingerprint density at radius 2 is 1.75 bits per heavy atom. The van der Waals surface area contributed by atoms with Gasteiger partial charge in [0.15, 0.2) is 5.96 Å². The summed E-state index contributed by atoms with van der Waals surface area (Å²) in [7, 11) is 0. The molecule has 1 heterocycles. The summed E-state index contributed by atoms with van der Waals surface area (Å²) in [5, 5.41) is 20.9. The summed E-state index contributed by atoms with van der Waals surface area (Å²) >= 11 is 0. The lowest BCUT2D eigenvalue weighted by molar-refractivity contribution is -0.155. The van der Waals surface area contributed by atoms with Crippen LogP contribution < -0.4 is 16.2 Å². The number of halogens is 1. The number of fused-ring (bicyclic) bond motifs is 1. The summed E-state index contributed by atoms with van der Waals surface area (Å²) in [5.41, 5.74) is 13.1. The van der Waals surface area contributed by atoms with Crippen LogP contribution >= 0.6 is 12.4 Å². The lowest BCUT2D eigenvalue weighted by Gasteiger charge is -2.48. The molecule has 0 fully saturated rings. The van der Waals surface area contributed by atoms with Crippen LogP contribution in [0, 0.1) is 20.8 Å². The fraction of sp³-hybridized carbons (Fsp3) is 0.417. The van der Waals surface area contributed by atoms with Gasteiger partial charge in [0.1, 0.15) is 22.5 Å². The predicted molar refractivity (Wildman–Crippen MR) is 128 cm³/mol. The van der Waals surface area contributed by atoms with Crippen LogP contribution in [0.15, 0.2) is 29.3 Å². The van der Waals surface area contributed by atoms with Crippen LogP contribution in [0.2, 0.25) is 0 Å². The molecule has 0 aromatic heterocycles. The number of aliphatic imine (C=N–C) groups is 1. The normalized spacial score (nSPS) is 19.0. The van der Waals surface area contributed by atoms with Gasteiger partial charge >= 0.3 is 5.97 Å². The van der Waals surface area contributed by atoms with E-state index in [9.17, 15) is 15.0 Å². The number of hydrogen-bond acceptors (Lipinski definition) is 4. The molecule has 0 saturated carbocycles. The first-order chi connectivity index (χ1) is 14.5. The largest absolute Gasteiger partial charge is 0.507 e. The van der Waals surface area contributed by atoms with Crippen molar-refractivity contribution >= 4 is 30.0 Å². The van der Waals surface area contributed by atoms with Crippen molar-refractivity contribution in [3.8, 4) is 11.5 Å². The molecule has 0 aliphatic carbocycles. The van der Waals surface area contributed by atoms with Crippen LogP contribution in [-0.2, 0) is 16.6 Å². The lowest BCUT2D eigenvalue weighted by atomic mass is 9.63. The monoisotopic (exact) mass is 461 g/mol. The Labute approximate surface area is 194 Å². The first-order valence-electron chi connectivity index (χ1n) is 10.4. The molecule has 2 unspecified atom stereocenters. The molecule has 7 nitrogen and oxygen atoms in total. The highest BCUT2D eigenvalue weighted by molar-refractivity contribution is 5.85. The molecule has 0 spiro atoms. The third kappa shape index (κ3) is 3.75. The molecule has 32 heavy (non-hydrogen) atoms. The van der Waals surface area contributed by atoms with Gasteiger partial charge in [0.2, 0.25) is 0 Å². The van der Waals surface area contributed by atoms with Crippen LogP contribution in [-0.4, -0.2) is 27.7 Å². The fourth-order valence-electron chi connectivity index (χ4n) is 4.90. The van der Waals surface area contributed by atoms with Crippen LogP contribution in [0.25, 0.3) is 0 Å².